The fourth-order valence-corrected chi connectivity index (χ4v) is 6.26. The van der Waals surface area contributed by atoms with Gasteiger partial charge in [0.25, 0.3) is 5.78 Å². The minimum atomic E-state index is -3.89. The smallest absolute Gasteiger partial charge is 0.379 e. The third-order valence-electron chi connectivity index (χ3n) is 6.07. The molecule has 2 aromatic carbocycles. The standard InChI is InChI=1S/C24H25ClN2O5S/c1-14-7-6-10-18-20(14)21(23(28)24(29)32-2)22(26-18)15-11-12-17(25)19(13-15)33(30,31)27-16-8-4-3-5-9-16/h6-7,10-13,16,26-27H,3-5,8-9H2,1-2H3. The number of halogens is 1. The molecule has 1 heterocycles. The van der Waals surface area contributed by atoms with Gasteiger partial charge in [0.1, 0.15) is 4.90 Å². The zero-order chi connectivity index (χ0) is 23.8. The highest BCUT2D eigenvalue weighted by atomic mass is 35.5. The molecular formula is C24H25ClN2O5S. The number of ether oxygens (including phenoxy) is 1. The van der Waals surface area contributed by atoms with Crippen molar-refractivity contribution in [3.8, 4) is 11.3 Å². The first kappa shape index (κ1) is 23.5. The number of rotatable bonds is 6. The van der Waals surface area contributed by atoms with Gasteiger partial charge in [0.05, 0.1) is 23.4 Å². The van der Waals surface area contributed by atoms with Gasteiger partial charge in [0.2, 0.25) is 10.0 Å². The van der Waals surface area contributed by atoms with Gasteiger partial charge >= 0.3 is 5.97 Å². The second-order valence-corrected chi connectivity index (χ2v) is 10.4. The van der Waals surface area contributed by atoms with Gasteiger partial charge in [0.15, 0.2) is 0 Å². The molecule has 0 spiro atoms. The van der Waals surface area contributed by atoms with Crippen LogP contribution in [0.5, 0.6) is 0 Å². The summed E-state index contributed by atoms with van der Waals surface area (Å²) in [5.41, 5.74) is 2.34. The van der Waals surface area contributed by atoms with E-state index in [1.54, 1.807) is 12.1 Å². The molecule has 0 amide bonds. The maximum Gasteiger partial charge on any atom is 0.379 e. The number of nitrogens with one attached hydrogen (secondary N) is 2. The van der Waals surface area contributed by atoms with Gasteiger partial charge in [0, 0.05) is 22.5 Å². The lowest BCUT2D eigenvalue weighted by Crippen LogP contribution is -2.36. The fourth-order valence-electron chi connectivity index (χ4n) is 4.43. The number of hydrogen-bond acceptors (Lipinski definition) is 5. The van der Waals surface area contributed by atoms with Gasteiger partial charge in [-0.05, 0) is 43.5 Å². The number of carbonyl (C=O) groups excluding carboxylic acids is 2. The molecule has 3 aromatic rings. The second-order valence-electron chi connectivity index (χ2n) is 8.29. The Kier molecular flexibility index (Phi) is 6.61. The molecule has 4 rings (SSSR count). The van der Waals surface area contributed by atoms with E-state index in [-0.39, 0.29) is 21.5 Å². The molecule has 0 unspecified atom stereocenters. The number of aromatic nitrogens is 1. The third kappa shape index (κ3) is 4.55. The number of hydrogen-bond donors (Lipinski definition) is 2. The quantitative estimate of drug-likeness (QED) is 0.295. The molecule has 0 radical (unpaired) electrons. The molecular weight excluding hydrogens is 464 g/mol. The molecule has 1 aliphatic carbocycles. The molecule has 7 nitrogen and oxygen atoms in total. The SMILES string of the molecule is COC(=O)C(=O)c1c(-c2ccc(Cl)c(S(=O)(=O)NC3CCCCC3)c2)[nH]c2cccc(C)c12. The Morgan fingerprint density at radius 1 is 1.12 bits per heavy atom. The Morgan fingerprint density at radius 2 is 1.85 bits per heavy atom. The number of fused-ring (bicyclic) bond motifs is 1. The van der Waals surface area contributed by atoms with E-state index in [2.05, 4.69) is 14.4 Å². The molecule has 1 fully saturated rings. The van der Waals surface area contributed by atoms with Gasteiger partial charge < -0.3 is 9.72 Å². The Labute approximate surface area is 197 Å². The summed E-state index contributed by atoms with van der Waals surface area (Å²) < 4.78 is 33.8. The van der Waals surface area contributed by atoms with Crippen LogP contribution in [-0.4, -0.2) is 38.3 Å². The van der Waals surface area contributed by atoms with Crippen LogP contribution in [0.15, 0.2) is 41.3 Å². The number of carbonyl (C=O) groups is 2. The summed E-state index contributed by atoms with van der Waals surface area (Å²) in [5.74, 6) is -1.81. The van der Waals surface area contributed by atoms with E-state index < -0.39 is 21.8 Å². The molecule has 0 bridgehead atoms. The summed E-state index contributed by atoms with van der Waals surface area (Å²) in [5, 5.41) is 0.665. The average Bonchev–Trinajstić information content (AvgIpc) is 3.19. The Balaban J connectivity index is 1.85. The highest BCUT2D eigenvalue weighted by molar-refractivity contribution is 7.89. The van der Waals surface area contributed by atoms with Crippen LogP contribution in [0.2, 0.25) is 5.02 Å². The van der Waals surface area contributed by atoms with Crippen molar-refractivity contribution in [2.75, 3.05) is 7.11 Å². The first-order valence-electron chi connectivity index (χ1n) is 10.8. The van der Waals surface area contributed by atoms with E-state index in [1.165, 1.54) is 12.1 Å². The molecule has 9 heteroatoms. The van der Waals surface area contributed by atoms with Crippen LogP contribution in [0.25, 0.3) is 22.2 Å². The van der Waals surface area contributed by atoms with Crippen LogP contribution in [-0.2, 0) is 19.6 Å². The lowest BCUT2D eigenvalue weighted by Gasteiger charge is -2.23. The van der Waals surface area contributed by atoms with Gasteiger partial charge in [-0.3, -0.25) is 4.79 Å². The zero-order valence-corrected chi connectivity index (χ0v) is 20.0. The summed E-state index contributed by atoms with van der Waals surface area (Å²) in [6.07, 6.45) is 4.64. The van der Waals surface area contributed by atoms with Crippen LogP contribution in [0.3, 0.4) is 0 Å². The number of Topliss-reactive ketones (excluding diaryl/α,β-unsaturated/α-hetero) is 1. The molecule has 1 saturated carbocycles. The normalized spacial score (nSPS) is 15.0. The van der Waals surface area contributed by atoms with Gasteiger partial charge in [-0.25, -0.2) is 17.9 Å². The number of aryl methyl sites for hydroxylation is 1. The van der Waals surface area contributed by atoms with E-state index in [4.69, 9.17) is 11.6 Å². The van der Waals surface area contributed by atoms with Crippen LogP contribution in [0.4, 0.5) is 0 Å². The molecule has 0 saturated heterocycles. The first-order chi connectivity index (χ1) is 15.7. The van der Waals surface area contributed by atoms with E-state index in [1.807, 2.05) is 19.1 Å². The van der Waals surface area contributed by atoms with Crippen LogP contribution in [0.1, 0.15) is 48.0 Å². The van der Waals surface area contributed by atoms with Crippen LogP contribution >= 0.6 is 11.6 Å². The maximum absolute atomic E-state index is 13.2. The predicted molar refractivity (Wildman–Crippen MR) is 127 cm³/mol. The number of H-pyrrole nitrogens is 1. The first-order valence-corrected chi connectivity index (χ1v) is 12.6. The van der Waals surface area contributed by atoms with Gasteiger partial charge in [-0.15, -0.1) is 0 Å². The van der Waals surface area contributed by atoms with Crippen LogP contribution in [0, 0.1) is 6.92 Å². The highest BCUT2D eigenvalue weighted by Gasteiger charge is 2.29. The van der Waals surface area contributed by atoms with Crippen molar-refractivity contribution >= 4 is 44.3 Å². The maximum atomic E-state index is 13.2. The van der Waals surface area contributed by atoms with Crippen molar-refractivity contribution in [2.45, 2.75) is 50.0 Å². The van der Waals surface area contributed by atoms with Crippen molar-refractivity contribution < 1.29 is 22.7 Å². The van der Waals surface area contributed by atoms with Crippen molar-refractivity contribution in [1.82, 2.24) is 9.71 Å². The second kappa shape index (κ2) is 9.29. The van der Waals surface area contributed by atoms with Crippen molar-refractivity contribution in [3.05, 3.63) is 52.5 Å². The van der Waals surface area contributed by atoms with E-state index in [9.17, 15) is 18.0 Å². The number of ketones is 1. The fraction of sp³-hybridized carbons (Fsp3) is 0.333. The summed E-state index contributed by atoms with van der Waals surface area (Å²) >= 11 is 6.29. The molecule has 0 atom stereocenters. The van der Waals surface area contributed by atoms with E-state index in [0.717, 1.165) is 44.8 Å². The number of benzene rings is 2. The van der Waals surface area contributed by atoms with E-state index >= 15 is 0 Å². The van der Waals surface area contributed by atoms with Gasteiger partial charge in [-0.2, -0.15) is 0 Å². The molecule has 1 aromatic heterocycles. The Hall–Kier alpha value is -2.68. The molecule has 33 heavy (non-hydrogen) atoms. The largest absolute Gasteiger partial charge is 0.463 e. The zero-order valence-electron chi connectivity index (χ0n) is 18.4. The average molecular weight is 489 g/mol. The summed E-state index contributed by atoms with van der Waals surface area (Å²) in [4.78, 5) is 28.2. The molecule has 0 aliphatic heterocycles. The monoisotopic (exact) mass is 488 g/mol. The molecule has 1 aliphatic rings. The summed E-state index contributed by atoms with van der Waals surface area (Å²) in [6, 6.07) is 9.86. The number of methoxy groups -OCH3 is 1. The van der Waals surface area contributed by atoms with Crippen LogP contribution < -0.4 is 4.72 Å². The van der Waals surface area contributed by atoms with Gasteiger partial charge in [-0.1, -0.05) is 49.1 Å². The van der Waals surface area contributed by atoms with Crippen molar-refractivity contribution in [2.24, 2.45) is 0 Å². The minimum Gasteiger partial charge on any atom is -0.463 e. The molecule has 174 valence electrons. The summed E-state index contributed by atoms with van der Waals surface area (Å²) in [6.45, 7) is 1.83. The Morgan fingerprint density at radius 3 is 2.55 bits per heavy atom. The highest BCUT2D eigenvalue weighted by Crippen LogP contribution is 2.35. The topological polar surface area (TPSA) is 105 Å². The van der Waals surface area contributed by atoms with E-state index in [0.29, 0.717) is 22.2 Å². The third-order valence-corrected chi connectivity index (χ3v) is 8.07. The lowest BCUT2D eigenvalue weighted by molar-refractivity contribution is -0.135. The Bertz CT molecular complexity index is 1340. The van der Waals surface area contributed by atoms with Crippen molar-refractivity contribution in [3.63, 3.8) is 0 Å². The number of sulfonamides is 1. The van der Waals surface area contributed by atoms with Crippen molar-refractivity contribution in [1.29, 1.82) is 0 Å². The summed E-state index contributed by atoms with van der Waals surface area (Å²) in [7, 11) is -2.74. The number of aromatic amines is 1. The minimum absolute atomic E-state index is 0.0703. The lowest BCUT2D eigenvalue weighted by atomic mass is 9.96. The predicted octanol–water partition coefficient (Wildman–Crippen LogP) is 4.76. The number of esters is 1. The molecule has 2 N–H and O–H groups in total.